The van der Waals surface area contributed by atoms with E-state index in [0.717, 1.165) is 41.4 Å². The van der Waals surface area contributed by atoms with Gasteiger partial charge in [-0.3, -0.25) is 0 Å². The molecule has 0 aromatic heterocycles. The monoisotopic (exact) mass is 396 g/mol. The highest BCUT2D eigenvalue weighted by Crippen LogP contribution is 2.31. The van der Waals surface area contributed by atoms with Gasteiger partial charge in [-0.2, -0.15) is 0 Å². The van der Waals surface area contributed by atoms with Crippen LogP contribution in [-0.2, 0) is 12.8 Å². The van der Waals surface area contributed by atoms with Gasteiger partial charge in [0.15, 0.2) is 0 Å². The van der Waals surface area contributed by atoms with Crippen LogP contribution in [0, 0.1) is 0 Å². The van der Waals surface area contributed by atoms with Gasteiger partial charge in [-0.15, -0.1) is 0 Å². The lowest BCUT2D eigenvalue weighted by atomic mass is 10.0. The highest BCUT2D eigenvalue weighted by atomic mass is 16.5. The summed E-state index contributed by atoms with van der Waals surface area (Å²) in [7, 11) is 0. The zero-order chi connectivity index (χ0) is 20.8. The molecule has 0 bridgehead atoms. The van der Waals surface area contributed by atoms with Gasteiger partial charge in [-0.25, -0.2) is 0 Å². The number of ether oxygens (including phenoxy) is 2. The Morgan fingerprint density at radius 2 is 0.933 bits per heavy atom. The Morgan fingerprint density at radius 1 is 0.467 bits per heavy atom. The molecule has 4 nitrogen and oxygen atoms in total. The molecule has 0 amide bonds. The van der Waals surface area contributed by atoms with Crippen LogP contribution in [0.15, 0.2) is 97.1 Å². The molecule has 4 rings (SSSR count). The van der Waals surface area contributed by atoms with E-state index in [1.165, 1.54) is 5.56 Å². The van der Waals surface area contributed by atoms with E-state index in [2.05, 4.69) is 36.4 Å². The van der Waals surface area contributed by atoms with Crippen LogP contribution in [0.1, 0.15) is 11.1 Å². The van der Waals surface area contributed by atoms with Crippen molar-refractivity contribution in [3.63, 3.8) is 0 Å². The third kappa shape index (κ3) is 5.32. The van der Waals surface area contributed by atoms with Crippen molar-refractivity contribution in [3.8, 4) is 23.0 Å². The Bertz CT molecular complexity index is 1030. The number of hydrogen-bond donors (Lipinski definition) is 2. The lowest BCUT2D eigenvalue weighted by Gasteiger charge is -2.13. The summed E-state index contributed by atoms with van der Waals surface area (Å²) < 4.78 is 12.1. The van der Waals surface area contributed by atoms with Gasteiger partial charge in [0.1, 0.15) is 23.0 Å². The molecule has 4 heteroatoms. The summed E-state index contributed by atoms with van der Waals surface area (Å²) in [5, 5.41) is 0. The average Bonchev–Trinajstić information content (AvgIpc) is 2.76. The number of rotatable bonds is 7. The van der Waals surface area contributed by atoms with Crippen LogP contribution in [0.2, 0.25) is 0 Å². The molecule has 4 aromatic rings. The summed E-state index contributed by atoms with van der Waals surface area (Å²) in [6.07, 6.45) is 1.81. The van der Waals surface area contributed by atoms with Crippen molar-refractivity contribution < 1.29 is 9.47 Å². The van der Waals surface area contributed by atoms with Crippen molar-refractivity contribution in [2.24, 2.45) is 0 Å². The molecule has 0 heterocycles. The van der Waals surface area contributed by atoms with Crippen molar-refractivity contribution in [2.45, 2.75) is 12.8 Å². The zero-order valence-corrected chi connectivity index (χ0v) is 16.6. The minimum absolute atomic E-state index is 0.700. The Kier molecular flexibility index (Phi) is 5.85. The average molecular weight is 396 g/mol. The molecule has 0 unspecified atom stereocenters. The van der Waals surface area contributed by atoms with Gasteiger partial charge in [-0.05, 0) is 84.6 Å². The van der Waals surface area contributed by atoms with E-state index in [1.807, 2.05) is 60.7 Å². The molecule has 0 saturated carbocycles. The molecular formula is C26H24N2O2. The smallest absolute Gasteiger partial charge is 0.131 e. The first-order chi connectivity index (χ1) is 14.6. The number of nitrogen functional groups attached to an aromatic ring is 2. The molecule has 0 saturated heterocycles. The fourth-order valence-electron chi connectivity index (χ4n) is 3.17. The van der Waals surface area contributed by atoms with Crippen LogP contribution < -0.4 is 20.9 Å². The van der Waals surface area contributed by atoms with Gasteiger partial charge < -0.3 is 20.9 Å². The predicted octanol–water partition coefficient (Wildman–Crippen LogP) is 6.22. The maximum atomic E-state index is 6.07. The molecule has 0 aliphatic rings. The van der Waals surface area contributed by atoms with Crippen LogP contribution in [-0.4, -0.2) is 0 Å². The van der Waals surface area contributed by atoms with E-state index in [9.17, 15) is 0 Å². The topological polar surface area (TPSA) is 70.5 Å². The Balaban J connectivity index is 1.58. The first-order valence-corrected chi connectivity index (χ1v) is 9.89. The summed E-state index contributed by atoms with van der Waals surface area (Å²) in [5.41, 5.74) is 15.4. The number of hydrogen-bond acceptors (Lipinski definition) is 4. The number of aryl methyl sites for hydroxylation is 2. The minimum atomic E-state index is 0.700. The Morgan fingerprint density at radius 3 is 1.43 bits per heavy atom. The van der Waals surface area contributed by atoms with E-state index in [-0.39, 0.29) is 0 Å². The van der Waals surface area contributed by atoms with Crippen molar-refractivity contribution in [3.05, 3.63) is 108 Å². The van der Waals surface area contributed by atoms with Crippen LogP contribution in [0.4, 0.5) is 11.4 Å². The van der Waals surface area contributed by atoms with Crippen molar-refractivity contribution >= 4 is 11.4 Å². The lowest BCUT2D eigenvalue weighted by Crippen LogP contribution is -1.95. The maximum absolute atomic E-state index is 6.07. The molecule has 4 aromatic carbocycles. The largest absolute Gasteiger partial charge is 0.457 e. The normalized spacial score (nSPS) is 10.5. The van der Waals surface area contributed by atoms with Gasteiger partial charge >= 0.3 is 0 Å². The molecular weight excluding hydrogens is 372 g/mol. The van der Waals surface area contributed by atoms with Crippen LogP contribution >= 0.6 is 0 Å². The number of nitrogens with two attached hydrogens (primary N) is 2. The summed E-state index contributed by atoms with van der Waals surface area (Å²) in [6.45, 7) is 0. The number of anilines is 2. The van der Waals surface area contributed by atoms with E-state index >= 15 is 0 Å². The zero-order valence-electron chi connectivity index (χ0n) is 16.6. The second kappa shape index (κ2) is 9.05. The fourth-order valence-corrected chi connectivity index (χ4v) is 3.17. The molecule has 150 valence electrons. The SMILES string of the molecule is Nc1ccc(Oc2cc(CCc3ccccc3)cc(Oc3ccc(N)cc3)c2)cc1. The summed E-state index contributed by atoms with van der Waals surface area (Å²) in [6, 6.07) is 31.1. The second-order valence-corrected chi connectivity index (χ2v) is 7.14. The number of benzene rings is 4. The molecule has 30 heavy (non-hydrogen) atoms. The molecule has 0 aliphatic heterocycles. The van der Waals surface area contributed by atoms with E-state index < -0.39 is 0 Å². The summed E-state index contributed by atoms with van der Waals surface area (Å²) in [4.78, 5) is 0. The summed E-state index contributed by atoms with van der Waals surface area (Å²) in [5.74, 6) is 2.89. The van der Waals surface area contributed by atoms with Crippen molar-refractivity contribution in [1.29, 1.82) is 0 Å². The predicted molar refractivity (Wildman–Crippen MR) is 122 cm³/mol. The van der Waals surface area contributed by atoms with Gasteiger partial charge in [0.05, 0.1) is 0 Å². The van der Waals surface area contributed by atoms with Gasteiger partial charge in [0.25, 0.3) is 0 Å². The minimum Gasteiger partial charge on any atom is -0.457 e. The van der Waals surface area contributed by atoms with Crippen LogP contribution in [0.25, 0.3) is 0 Å². The first kappa shape index (κ1) is 19.4. The quantitative estimate of drug-likeness (QED) is 0.364. The summed E-state index contributed by atoms with van der Waals surface area (Å²) >= 11 is 0. The maximum Gasteiger partial charge on any atom is 0.131 e. The Labute approximate surface area is 176 Å². The third-order valence-corrected chi connectivity index (χ3v) is 4.72. The van der Waals surface area contributed by atoms with Gasteiger partial charge in [-0.1, -0.05) is 30.3 Å². The van der Waals surface area contributed by atoms with Gasteiger partial charge in [0.2, 0.25) is 0 Å². The van der Waals surface area contributed by atoms with E-state index in [1.54, 1.807) is 0 Å². The van der Waals surface area contributed by atoms with Crippen LogP contribution in [0.3, 0.4) is 0 Å². The molecule has 0 fully saturated rings. The van der Waals surface area contributed by atoms with Crippen molar-refractivity contribution in [2.75, 3.05) is 11.5 Å². The molecule has 4 N–H and O–H groups in total. The Hall–Kier alpha value is -3.92. The van der Waals surface area contributed by atoms with E-state index in [0.29, 0.717) is 11.4 Å². The third-order valence-electron chi connectivity index (χ3n) is 4.72. The highest BCUT2D eigenvalue weighted by molar-refractivity contribution is 5.47. The van der Waals surface area contributed by atoms with E-state index in [4.69, 9.17) is 20.9 Å². The second-order valence-electron chi connectivity index (χ2n) is 7.14. The molecule has 0 aliphatic carbocycles. The fraction of sp³-hybridized carbons (Fsp3) is 0.0769. The standard InChI is InChI=1S/C26H24N2O2/c27-21-8-12-23(13-9-21)29-25-16-20(7-6-19-4-2-1-3-5-19)17-26(18-25)30-24-14-10-22(28)11-15-24/h1-5,8-18H,6-7,27-28H2. The van der Waals surface area contributed by atoms with Crippen molar-refractivity contribution in [1.82, 2.24) is 0 Å². The lowest BCUT2D eigenvalue weighted by molar-refractivity contribution is 0.459. The van der Waals surface area contributed by atoms with Gasteiger partial charge in [0, 0.05) is 17.4 Å². The molecule has 0 spiro atoms. The molecule has 0 radical (unpaired) electrons. The molecule has 0 atom stereocenters. The van der Waals surface area contributed by atoms with Crippen LogP contribution in [0.5, 0.6) is 23.0 Å². The first-order valence-electron chi connectivity index (χ1n) is 9.89. The highest BCUT2D eigenvalue weighted by Gasteiger charge is 2.07.